The highest BCUT2D eigenvalue weighted by molar-refractivity contribution is 7.99. The summed E-state index contributed by atoms with van der Waals surface area (Å²) < 4.78 is 1.45. The monoisotopic (exact) mass is 324 g/mol. The van der Waals surface area contributed by atoms with Crippen molar-refractivity contribution in [1.82, 2.24) is 14.9 Å². The van der Waals surface area contributed by atoms with Gasteiger partial charge in [-0.25, -0.2) is 4.68 Å². The van der Waals surface area contributed by atoms with Crippen molar-refractivity contribution < 1.29 is 5.11 Å². The molecule has 2 aromatic rings. The van der Waals surface area contributed by atoms with Crippen molar-refractivity contribution in [3.63, 3.8) is 0 Å². The van der Waals surface area contributed by atoms with Gasteiger partial charge >= 0.3 is 0 Å². The zero-order valence-corrected chi connectivity index (χ0v) is 13.0. The fourth-order valence-corrected chi connectivity index (χ4v) is 3.89. The SMILES string of the molecule is Nn1c(SC2CCCCC2O)nnc1-c1ccccc1Cl. The fourth-order valence-electron chi connectivity index (χ4n) is 2.53. The largest absolute Gasteiger partial charge is 0.392 e. The first-order chi connectivity index (χ1) is 10.2. The van der Waals surface area contributed by atoms with Crippen molar-refractivity contribution in [3.8, 4) is 11.4 Å². The number of thioether (sulfide) groups is 1. The summed E-state index contributed by atoms with van der Waals surface area (Å²) in [4.78, 5) is 0. The Bertz CT molecular complexity index is 633. The van der Waals surface area contributed by atoms with Crippen molar-refractivity contribution in [1.29, 1.82) is 0 Å². The van der Waals surface area contributed by atoms with E-state index in [4.69, 9.17) is 17.4 Å². The minimum Gasteiger partial charge on any atom is -0.392 e. The van der Waals surface area contributed by atoms with E-state index in [-0.39, 0.29) is 11.4 Å². The lowest BCUT2D eigenvalue weighted by Gasteiger charge is -2.26. The summed E-state index contributed by atoms with van der Waals surface area (Å²) in [5.41, 5.74) is 0.755. The Morgan fingerprint density at radius 3 is 2.76 bits per heavy atom. The van der Waals surface area contributed by atoms with Gasteiger partial charge in [0, 0.05) is 10.8 Å². The van der Waals surface area contributed by atoms with Gasteiger partial charge in [-0.15, -0.1) is 10.2 Å². The van der Waals surface area contributed by atoms with Crippen LogP contribution in [0.4, 0.5) is 0 Å². The van der Waals surface area contributed by atoms with Crippen LogP contribution >= 0.6 is 23.4 Å². The summed E-state index contributed by atoms with van der Waals surface area (Å²) in [5.74, 6) is 6.63. The summed E-state index contributed by atoms with van der Waals surface area (Å²) in [7, 11) is 0. The molecular weight excluding hydrogens is 308 g/mol. The van der Waals surface area contributed by atoms with Crippen LogP contribution < -0.4 is 5.84 Å². The first-order valence-corrected chi connectivity index (χ1v) is 8.22. The minimum absolute atomic E-state index is 0.129. The van der Waals surface area contributed by atoms with Gasteiger partial charge in [-0.1, -0.05) is 48.3 Å². The molecule has 1 heterocycles. The number of aliphatic hydroxyl groups excluding tert-OH is 1. The second-order valence-electron chi connectivity index (χ2n) is 5.16. The predicted molar refractivity (Wildman–Crippen MR) is 84.7 cm³/mol. The van der Waals surface area contributed by atoms with E-state index in [0.717, 1.165) is 31.2 Å². The van der Waals surface area contributed by atoms with Gasteiger partial charge in [0.1, 0.15) is 0 Å². The maximum atomic E-state index is 10.0. The Morgan fingerprint density at radius 1 is 1.24 bits per heavy atom. The Balaban J connectivity index is 1.84. The highest BCUT2D eigenvalue weighted by atomic mass is 35.5. The molecule has 3 N–H and O–H groups in total. The third-order valence-electron chi connectivity index (χ3n) is 3.70. The van der Waals surface area contributed by atoms with Crippen LogP contribution in [0.25, 0.3) is 11.4 Å². The molecule has 1 aliphatic rings. The smallest absolute Gasteiger partial charge is 0.210 e. The van der Waals surface area contributed by atoms with Crippen LogP contribution in [0.3, 0.4) is 0 Å². The maximum Gasteiger partial charge on any atom is 0.210 e. The number of hydrogen-bond donors (Lipinski definition) is 2. The molecule has 0 radical (unpaired) electrons. The van der Waals surface area contributed by atoms with Crippen LogP contribution in [-0.2, 0) is 0 Å². The molecule has 21 heavy (non-hydrogen) atoms. The van der Waals surface area contributed by atoms with Crippen LogP contribution in [0, 0.1) is 0 Å². The number of nitrogens with zero attached hydrogens (tertiary/aromatic N) is 3. The number of nitrogen functional groups attached to an aromatic ring is 1. The molecule has 2 atom stereocenters. The van der Waals surface area contributed by atoms with Gasteiger partial charge in [-0.2, -0.15) is 0 Å². The first kappa shape index (κ1) is 14.7. The molecule has 3 rings (SSSR count). The number of nitrogens with two attached hydrogens (primary N) is 1. The van der Waals surface area contributed by atoms with E-state index in [1.807, 2.05) is 18.2 Å². The summed E-state index contributed by atoms with van der Waals surface area (Å²) >= 11 is 7.66. The molecule has 112 valence electrons. The van der Waals surface area contributed by atoms with E-state index in [0.29, 0.717) is 16.0 Å². The second kappa shape index (κ2) is 6.25. The van der Waals surface area contributed by atoms with E-state index < -0.39 is 0 Å². The molecule has 1 aliphatic carbocycles. The van der Waals surface area contributed by atoms with Gasteiger partial charge in [0.15, 0.2) is 5.82 Å². The fraction of sp³-hybridized carbons (Fsp3) is 0.429. The number of aromatic nitrogens is 3. The number of aliphatic hydroxyl groups is 1. The highest BCUT2D eigenvalue weighted by Crippen LogP contribution is 2.34. The van der Waals surface area contributed by atoms with Crippen molar-refractivity contribution >= 4 is 23.4 Å². The molecule has 5 nitrogen and oxygen atoms in total. The lowest BCUT2D eigenvalue weighted by molar-refractivity contribution is 0.137. The molecule has 1 aromatic heterocycles. The standard InChI is InChI=1S/C14H17ClN4OS/c15-10-6-2-1-5-9(10)13-17-18-14(19(13)16)21-12-8-4-3-7-11(12)20/h1-2,5-6,11-12,20H,3-4,7-8,16H2. The van der Waals surface area contributed by atoms with Crippen molar-refractivity contribution in [3.05, 3.63) is 29.3 Å². The molecule has 0 bridgehead atoms. The molecular formula is C14H17ClN4OS. The van der Waals surface area contributed by atoms with Gasteiger partial charge in [0.25, 0.3) is 0 Å². The van der Waals surface area contributed by atoms with Gasteiger partial charge < -0.3 is 10.9 Å². The van der Waals surface area contributed by atoms with Crippen LogP contribution in [0.5, 0.6) is 0 Å². The molecule has 0 spiro atoms. The molecule has 1 fully saturated rings. The van der Waals surface area contributed by atoms with Gasteiger partial charge in [0.2, 0.25) is 5.16 Å². The molecule has 1 saturated carbocycles. The van der Waals surface area contributed by atoms with E-state index in [9.17, 15) is 5.11 Å². The highest BCUT2D eigenvalue weighted by Gasteiger charge is 2.26. The summed E-state index contributed by atoms with van der Waals surface area (Å²) in [6.45, 7) is 0. The Morgan fingerprint density at radius 2 is 2.00 bits per heavy atom. The van der Waals surface area contributed by atoms with E-state index in [1.54, 1.807) is 6.07 Å². The van der Waals surface area contributed by atoms with Crippen LogP contribution in [0.2, 0.25) is 5.02 Å². The summed E-state index contributed by atoms with van der Waals surface area (Å²) in [6.07, 6.45) is 3.72. The van der Waals surface area contributed by atoms with Gasteiger partial charge in [-0.3, -0.25) is 0 Å². The third-order valence-corrected chi connectivity index (χ3v) is 5.38. The summed E-state index contributed by atoms with van der Waals surface area (Å²) in [6, 6.07) is 7.40. The average Bonchev–Trinajstić information content (AvgIpc) is 2.83. The zero-order chi connectivity index (χ0) is 14.8. The van der Waals surface area contributed by atoms with E-state index >= 15 is 0 Å². The van der Waals surface area contributed by atoms with Crippen molar-refractivity contribution in [2.45, 2.75) is 42.2 Å². The minimum atomic E-state index is -0.302. The molecule has 7 heteroatoms. The number of benzene rings is 1. The molecule has 0 aliphatic heterocycles. The normalized spacial score (nSPS) is 22.4. The molecule has 1 aromatic carbocycles. The number of hydrogen-bond acceptors (Lipinski definition) is 5. The Kier molecular flexibility index (Phi) is 4.37. The quantitative estimate of drug-likeness (QED) is 0.849. The van der Waals surface area contributed by atoms with Crippen LogP contribution in [-0.4, -0.2) is 31.3 Å². The van der Waals surface area contributed by atoms with E-state index in [1.165, 1.54) is 16.4 Å². The van der Waals surface area contributed by atoms with Crippen LogP contribution in [0.1, 0.15) is 25.7 Å². The maximum absolute atomic E-state index is 10.0. The topological polar surface area (TPSA) is 77.0 Å². The lowest BCUT2D eigenvalue weighted by Crippen LogP contribution is -2.27. The van der Waals surface area contributed by atoms with E-state index in [2.05, 4.69) is 10.2 Å². The zero-order valence-electron chi connectivity index (χ0n) is 11.4. The van der Waals surface area contributed by atoms with Gasteiger partial charge in [-0.05, 0) is 25.0 Å². The number of halogens is 1. The number of rotatable bonds is 3. The lowest BCUT2D eigenvalue weighted by atomic mass is 9.97. The molecule has 0 amide bonds. The Labute approximate surface area is 132 Å². The third kappa shape index (κ3) is 3.02. The molecule has 0 saturated heterocycles. The molecule has 2 unspecified atom stereocenters. The van der Waals surface area contributed by atoms with Crippen LogP contribution in [0.15, 0.2) is 29.4 Å². The van der Waals surface area contributed by atoms with Crippen molar-refractivity contribution in [2.75, 3.05) is 5.84 Å². The predicted octanol–water partition coefficient (Wildman–Crippen LogP) is 2.71. The average molecular weight is 325 g/mol. The van der Waals surface area contributed by atoms with Gasteiger partial charge in [0.05, 0.1) is 11.1 Å². The van der Waals surface area contributed by atoms with Crippen molar-refractivity contribution in [2.24, 2.45) is 0 Å². The Hall–Kier alpha value is -1.24. The second-order valence-corrected chi connectivity index (χ2v) is 6.78. The first-order valence-electron chi connectivity index (χ1n) is 6.97. The summed E-state index contributed by atoms with van der Waals surface area (Å²) in [5, 5.41) is 19.7.